The van der Waals surface area contributed by atoms with Crippen molar-refractivity contribution in [2.45, 2.75) is 31.1 Å². The van der Waals surface area contributed by atoms with Crippen LogP contribution in [-0.2, 0) is 19.6 Å². The van der Waals surface area contributed by atoms with Crippen LogP contribution in [0.4, 0.5) is 5.69 Å². The molecule has 2 heterocycles. The lowest BCUT2D eigenvalue weighted by molar-refractivity contribution is -0.127. The summed E-state index contributed by atoms with van der Waals surface area (Å²) in [6.07, 6.45) is 2.79. The van der Waals surface area contributed by atoms with Crippen molar-refractivity contribution in [1.82, 2.24) is 4.90 Å². The SMILES string of the molecule is CC(=O)C1=NN(c2ccc(S(N)(=O)=O)cc2)C(=C(C#N)C(=O)N2CCCCC2)S1. The fraction of sp³-hybridized carbons (Fsp3) is 0.333. The number of Topliss-reactive ketones (excluding diaryl/α,β-unsaturated/α-hetero) is 1. The topological polar surface area (TPSA) is 137 Å². The minimum Gasteiger partial charge on any atom is -0.338 e. The summed E-state index contributed by atoms with van der Waals surface area (Å²) >= 11 is 0.950. The number of nitriles is 1. The van der Waals surface area contributed by atoms with E-state index < -0.39 is 15.9 Å². The Bertz CT molecular complexity index is 1050. The van der Waals surface area contributed by atoms with Gasteiger partial charge in [0.25, 0.3) is 5.91 Å². The summed E-state index contributed by atoms with van der Waals surface area (Å²) in [6.45, 7) is 2.49. The van der Waals surface area contributed by atoms with E-state index in [1.165, 1.54) is 36.2 Å². The van der Waals surface area contributed by atoms with Crippen molar-refractivity contribution in [2.75, 3.05) is 18.1 Å². The van der Waals surface area contributed by atoms with Crippen LogP contribution < -0.4 is 10.1 Å². The van der Waals surface area contributed by atoms with Gasteiger partial charge in [0.2, 0.25) is 10.0 Å². The van der Waals surface area contributed by atoms with Crippen LogP contribution in [0.2, 0.25) is 0 Å². The van der Waals surface area contributed by atoms with Crippen molar-refractivity contribution in [1.29, 1.82) is 5.26 Å². The van der Waals surface area contributed by atoms with Gasteiger partial charge in [-0.1, -0.05) is 0 Å². The Balaban J connectivity index is 2.03. The third-order valence-corrected chi connectivity index (χ3v) is 6.53. The number of hydrogen-bond acceptors (Lipinski definition) is 8. The summed E-state index contributed by atoms with van der Waals surface area (Å²) in [7, 11) is -3.87. The molecule has 0 aliphatic carbocycles. The zero-order valence-electron chi connectivity index (χ0n) is 15.7. The predicted molar refractivity (Wildman–Crippen MR) is 109 cm³/mol. The Hall–Kier alpha value is -2.68. The summed E-state index contributed by atoms with van der Waals surface area (Å²) in [4.78, 5) is 26.3. The van der Waals surface area contributed by atoms with E-state index in [1.54, 1.807) is 4.90 Å². The molecule has 2 aliphatic rings. The van der Waals surface area contributed by atoms with E-state index in [0.29, 0.717) is 18.8 Å². The van der Waals surface area contributed by atoms with Crippen LogP contribution >= 0.6 is 11.8 Å². The smallest absolute Gasteiger partial charge is 0.267 e. The molecule has 2 N–H and O–H groups in total. The van der Waals surface area contributed by atoms with Crippen molar-refractivity contribution < 1.29 is 18.0 Å². The molecule has 0 aromatic heterocycles. The van der Waals surface area contributed by atoms with E-state index in [2.05, 4.69) is 5.10 Å². The molecule has 1 aromatic rings. The molecule has 1 saturated heterocycles. The number of likely N-dealkylation sites (tertiary alicyclic amines) is 1. The molecule has 0 atom stereocenters. The van der Waals surface area contributed by atoms with Gasteiger partial charge < -0.3 is 4.90 Å². The molecule has 0 bridgehead atoms. The molecular weight excluding hydrogens is 414 g/mol. The normalized spacial score (nSPS) is 18.9. The van der Waals surface area contributed by atoms with Gasteiger partial charge in [0.15, 0.2) is 10.8 Å². The second-order valence-corrected chi connectivity index (χ2v) is 9.10. The monoisotopic (exact) mass is 433 g/mol. The molecule has 0 saturated carbocycles. The van der Waals surface area contributed by atoms with Crippen molar-refractivity contribution in [3.8, 4) is 6.07 Å². The highest BCUT2D eigenvalue weighted by Crippen LogP contribution is 2.37. The van der Waals surface area contributed by atoms with Crippen molar-refractivity contribution >= 4 is 44.2 Å². The number of hydrazone groups is 1. The standard InChI is InChI=1S/C18H19N5O4S2/c1-12(24)16-21-23(13-5-7-14(8-6-13)29(20,26)27)18(28-16)15(11-19)17(25)22-9-3-2-4-10-22/h5-8H,2-4,9-10H2,1H3,(H2,20,26,27). The first kappa shape index (κ1) is 21.0. The van der Waals surface area contributed by atoms with Gasteiger partial charge in [-0.15, -0.1) is 0 Å². The number of amides is 1. The minimum absolute atomic E-state index is 0.0840. The van der Waals surface area contributed by atoms with E-state index in [4.69, 9.17) is 5.14 Å². The maximum Gasteiger partial charge on any atom is 0.267 e. The third kappa shape index (κ3) is 4.50. The van der Waals surface area contributed by atoms with Gasteiger partial charge in [0.05, 0.1) is 10.6 Å². The molecule has 0 radical (unpaired) electrons. The van der Waals surface area contributed by atoms with E-state index in [9.17, 15) is 23.3 Å². The second-order valence-electron chi connectivity index (χ2n) is 6.56. The van der Waals surface area contributed by atoms with Crippen LogP contribution in [-0.4, -0.2) is 43.1 Å². The van der Waals surface area contributed by atoms with Gasteiger partial charge in [0, 0.05) is 20.0 Å². The van der Waals surface area contributed by atoms with Crippen LogP contribution in [0.1, 0.15) is 26.2 Å². The lowest BCUT2D eigenvalue weighted by Gasteiger charge is -2.27. The number of nitrogens with two attached hydrogens (primary N) is 1. The Morgan fingerprint density at radius 3 is 2.31 bits per heavy atom. The fourth-order valence-electron chi connectivity index (χ4n) is 2.98. The first-order valence-corrected chi connectivity index (χ1v) is 11.2. The summed E-state index contributed by atoms with van der Waals surface area (Å²) in [5.41, 5.74) is 0.294. The molecule has 9 nitrogen and oxygen atoms in total. The number of carbonyl (C=O) groups excluding carboxylic acids is 2. The molecule has 0 spiro atoms. The number of rotatable bonds is 4. The molecule has 1 aromatic carbocycles. The number of ketones is 1. The van der Waals surface area contributed by atoms with Crippen molar-refractivity contribution in [2.24, 2.45) is 10.2 Å². The Kier molecular flexibility index (Phi) is 6.07. The van der Waals surface area contributed by atoms with Crippen LogP contribution in [0.3, 0.4) is 0 Å². The molecule has 1 fully saturated rings. The van der Waals surface area contributed by atoms with Crippen LogP contribution in [0, 0.1) is 11.3 Å². The number of hydrogen-bond donors (Lipinski definition) is 1. The Morgan fingerprint density at radius 1 is 1.17 bits per heavy atom. The number of primary sulfonamides is 1. The predicted octanol–water partition coefficient (Wildman–Crippen LogP) is 1.54. The maximum atomic E-state index is 12.9. The number of anilines is 1. The summed E-state index contributed by atoms with van der Waals surface area (Å²) < 4.78 is 23.0. The Labute approximate surface area is 172 Å². The number of nitrogens with zero attached hydrogens (tertiary/aromatic N) is 4. The zero-order valence-corrected chi connectivity index (χ0v) is 17.3. The van der Waals surface area contributed by atoms with E-state index in [-0.39, 0.29) is 26.3 Å². The molecule has 2 aliphatic heterocycles. The highest BCUT2D eigenvalue weighted by atomic mass is 32.2. The molecule has 0 unspecified atom stereocenters. The average Bonchev–Trinajstić information content (AvgIpc) is 3.14. The second kappa shape index (κ2) is 8.36. The van der Waals surface area contributed by atoms with E-state index in [0.717, 1.165) is 31.0 Å². The van der Waals surface area contributed by atoms with Gasteiger partial charge in [-0.05, 0) is 55.3 Å². The van der Waals surface area contributed by atoms with Crippen molar-refractivity contribution in [3.63, 3.8) is 0 Å². The summed E-state index contributed by atoms with van der Waals surface area (Å²) in [5, 5.41) is 20.7. The first-order chi connectivity index (χ1) is 13.7. The van der Waals surface area contributed by atoms with Gasteiger partial charge >= 0.3 is 0 Å². The molecule has 1 amide bonds. The molecular formula is C18H19N5O4S2. The number of piperidine rings is 1. The lowest BCUT2D eigenvalue weighted by Crippen LogP contribution is -2.37. The molecule has 11 heteroatoms. The van der Waals surface area contributed by atoms with Gasteiger partial charge in [-0.2, -0.15) is 10.4 Å². The number of benzene rings is 1. The molecule has 152 valence electrons. The summed E-state index contributed by atoms with van der Waals surface area (Å²) in [5.74, 6) is -0.709. The quantitative estimate of drug-likeness (QED) is 0.561. The van der Waals surface area contributed by atoms with Crippen molar-refractivity contribution in [3.05, 3.63) is 34.9 Å². The minimum atomic E-state index is -3.87. The van der Waals surface area contributed by atoms with Gasteiger partial charge in [-0.3, -0.25) is 9.59 Å². The van der Waals surface area contributed by atoms with E-state index >= 15 is 0 Å². The Morgan fingerprint density at radius 2 is 1.79 bits per heavy atom. The fourth-order valence-corrected chi connectivity index (χ4v) is 4.42. The maximum absolute atomic E-state index is 12.9. The number of carbonyl (C=O) groups is 2. The molecule has 3 rings (SSSR count). The van der Waals surface area contributed by atoms with Gasteiger partial charge in [0.1, 0.15) is 16.7 Å². The number of thioether (sulfide) groups is 1. The third-order valence-electron chi connectivity index (χ3n) is 4.47. The largest absolute Gasteiger partial charge is 0.338 e. The molecule has 29 heavy (non-hydrogen) atoms. The zero-order chi connectivity index (χ0) is 21.2. The highest BCUT2D eigenvalue weighted by molar-refractivity contribution is 8.19. The number of sulfonamides is 1. The highest BCUT2D eigenvalue weighted by Gasteiger charge is 2.33. The van der Waals surface area contributed by atoms with Crippen LogP contribution in [0.5, 0.6) is 0 Å². The van der Waals surface area contributed by atoms with Gasteiger partial charge in [-0.25, -0.2) is 18.6 Å². The average molecular weight is 434 g/mol. The van der Waals surface area contributed by atoms with Crippen LogP contribution in [0.25, 0.3) is 0 Å². The first-order valence-electron chi connectivity index (χ1n) is 8.86. The lowest BCUT2D eigenvalue weighted by atomic mass is 10.1. The van der Waals surface area contributed by atoms with Crippen LogP contribution in [0.15, 0.2) is 44.9 Å². The van der Waals surface area contributed by atoms with E-state index in [1.807, 2.05) is 6.07 Å². The summed E-state index contributed by atoms with van der Waals surface area (Å²) in [6, 6.07) is 7.46.